The standard InChI is InChI=1S/C12H19NS2/c1-8(2)5-10(13)12-6-9-7-14-4-3-11(9)15-12/h6,8,10H,3-5,7,13H2,1-2H3. The number of thiophene rings is 1. The van der Waals surface area contributed by atoms with Crippen LogP contribution < -0.4 is 5.73 Å². The lowest BCUT2D eigenvalue weighted by Crippen LogP contribution is -2.11. The van der Waals surface area contributed by atoms with Crippen molar-refractivity contribution in [3.8, 4) is 0 Å². The molecule has 1 unspecified atom stereocenters. The van der Waals surface area contributed by atoms with Crippen LogP contribution in [0.1, 0.15) is 41.6 Å². The van der Waals surface area contributed by atoms with Gasteiger partial charge in [-0.3, -0.25) is 0 Å². The van der Waals surface area contributed by atoms with E-state index < -0.39 is 0 Å². The van der Waals surface area contributed by atoms with Gasteiger partial charge in [0.25, 0.3) is 0 Å². The Morgan fingerprint density at radius 2 is 2.27 bits per heavy atom. The van der Waals surface area contributed by atoms with Gasteiger partial charge >= 0.3 is 0 Å². The van der Waals surface area contributed by atoms with E-state index in [1.54, 1.807) is 10.4 Å². The molecule has 1 aliphatic heterocycles. The molecular formula is C12H19NS2. The zero-order valence-corrected chi connectivity index (χ0v) is 11.1. The second-order valence-corrected chi connectivity index (χ2v) is 6.91. The number of aryl methyl sites for hydroxylation is 1. The molecule has 0 amide bonds. The third kappa shape index (κ3) is 2.77. The highest BCUT2D eigenvalue weighted by molar-refractivity contribution is 7.98. The van der Waals surface area contributed by atoms with Crippen LogP contribution in [0.3, 0.4) is 0 Å². The van der Waals surface area contributed by atoms with Crippen molar-refractivity contribution < 1.29 is 0 Å². The number of nitrogens with two attached hydrogens (primary N) is 1. The van der Waals surface area contributed by atoms with Crippen molar-refractivity contribution in [2.24, 2.45) is 11.7 Å². The van der Waals surface area contributed by atoms with E-state index in [1.165, 1.54) is 22.8 Å². The summed E-state index contributed by atoms with van der Waals surface area (Å²) in [5, 5.41) is 0. The fraction of sp³-hybridized carbons (Fsp3) is 0.667. The van der Waals surface area contributed by atoms with Gasteiger partial charge in [-0.2, -0.15) is 11.8 Å². The Labute approximate surface area is 100 Å². The average Bonchev–Trinajstić information content (AvgIpc) is 2.59. The first-order chi connectivity index (χ1) is 7.16. The number of rotatable bonds is 3. The van der Waals surface area contributed by atoms with Gasteiger partial charge in [0.15, 0.2) is 0 Å². The van der Waals surface area contributed by atoms with Crippen LogP contribution in [0.15, 0.2) is 6.07 Å². The van der Waals surface area contributed by atoms with Gasteiger partial charge in [0, 0.05) is 21.5 Å². The molecule has 0 aliphatic carbocycles. The van der Waals surface area contributed by atoms with Gasteiger partial charge in [0.1, 0.15) is 0 Å². The molecule has 1 aromatic heterocycles. The van der Waals surface area contributed by atoms with E-state index in [4.69, 9.17) is 5.73 Å². The summed E-state index contributed by atoms with van der Waals surface area (Å²) >= 11 is 3.99. The molecule has 0 aromatic carbocycles. The lowest BCUT2D eigenvalue weighted by molar-refractivity contribution is 0.515. The molecule has 1 atom stereocenters. The van der Waals surface area contributed by atoms with Crippen molar-refractivity contribution in [1.82, 2.24) is 0 Å². The molecule has 2 heterocycles. The van der Waals surface area contributed by atoms with Crippen molar-refractivity contribution in [3.05, 3.63) is 21.4 Å². The Morgan fingerprint density at radius 1 is 1.47 bits per heavy atom. The average molecular weight is 241 g/mol. The van der Waals surface area contributed by atoms with Gasteiger partial charge in [-0.15, -0.1) is 11.3 Å². The Morgan fingerprint density at radius 3 is 2.93 bits per heavy atom. The maximum Gasteiger partial charge on any atom is 0.0392 e. The molecule has 1 aromatic rings. The summed E-state index contributed by atoms with van der Waals surface area (Å²) in [6, 6.07) is 2.60. The highest BCUT2D eigenvalue weighted by Gasteiger charge is 2.17. The van der Waals surface area contributed by atoms with Crippen molar-refractivity contribution in [2.45, 2.75) is 38.5 Å². The van der Waals surface area contributed by atoms with Crippen LogP contribution in [0, 0.1) is 5.92 Å². The van der Waals surface area contributed by atoms with Crippen LogP contribution in [-0.4, -0.2) is 5.75 Å². The van der Waals surface area contributed by atoms with Gasteiger partial charge in [0.2, 0.25) is 0 Å². The molecule has 2 rings (SSSR count). The molecule has 1 aliphatic rings. The lowest BCUT2D eigenvalue weighted by Gasteiger charge is -2.11. The van der Waals surface area contributed by atoms with Gasteiger partial charge in [-0.1, -0.05) is 13.8 Å². The van der Waals surface area contributed by atoms with Crippen molar-refractivity contribution in [2.75, 3.05) is 5.75 Å². The zero-order valence-electron chi connectivity index (χ0n) is 9.45. The van der Waals surface area contributed by atoms with E-state index in [0.29, 0.717) is 5.92 Å². The summed E-state index contributed by atoms with van der Waals surface area (Å²) in [5.74, 6) is 3.17. The molecule has 84 valence electrons. The minimum Gasteiger partial charge on any atom is -0.323 e. The smallest absolute Gasteiger partial charge is 0.0392 e. The Hall–Kier alpha value is 0.01000. The van der Waals surface area contributed by atoms with E-state index in [9.17, 15) is 0 Å². The van der Waals surface area contributed by atoms with E-state index in [1.807, 2.05) is 23.1 Å². The quantitative estimate of drug-likeness (QED) is 0.875. The summed E-state index contributed by atoms with van der Waals surface area (Å²) in [7, 11) is 0. The predicted molar refractivity (Wildman–Crippen MR) is 70.6 cm³/mol. The molecule has 0 radical (unpaired) electrons. The van der Waals surface area contributed by atoms with Crippen LogP contribution in [0.25, 0.3) is 0 Å². The van der Waals surface area contributed by atoms with E-state index >= 15 is 0 Å². The third-order valence-corrected chi connectivity index (χ3v) is 5.11. The van der Waals surface area contributed by atoms with Crippen molar-refractivity contribution in [3.63, 3.8) is 0 Å². The second-order valence-electron chi connectivity index (χ2n) is 4.64. The summed E-state index contributed by atoms with van der Waals surface area (Å²) in [6.07, 6.45) is 2.35. The fourth-order valence-electron chi connectivity index (χ4n) is 1.98. The SMILES string of the molecule is CC(C)CC(N)c1cc2c(s1)CCSC2. The Balaban J connectivity index is 2.11. The largest absolute Gasteiger partial charge is 0.323 e. The van der Waals surface area contributed by atoms with Gasteiger partial charge in [0.05, 0.1) is 0 Å². The molecule has 15 heavy (non-hydrogen) atoms. The number of hydrogen-bond donors (Lipinski definition) is 1. The van der Waals surface area contributed by atoms with Crippen LogP contribution >= 0.6 is 23.1 Å². The minimum atomic E-state index is 0.255. The lowest BCUT2D eigenvalue weighted by atomic mass is 10.0. The third-order valence-electron chi connectivity index (χ3n) is 2.74. The van der Waals surface area contributed by atoms with Crippen molar-refractivity contribution in [1.29, 1.82) is 0 Å². The number of fused-ring (bicyclic) bond motifs is 1. The molecule has 1 nitrogen and oxygen atoms in total. The molecule has 0 fully saturated rings. The summed E-state index contributed by atoms with van der Waals surface area (Å²) in [6.45, 7) is 4.48. The molecule has 0 saturated heterocycles. The molecule has 2 N–H and O–H groups in total. The second kappa shape index (κ2) is 4.89. The van der Waals surface area contributed by atoms with Crippen LogP contribution in [0.4, 0.5) is 0 Å². The van der Waals surface area contributed by atoms with Gasteiger partial charge in [-0.05, 0) is 36.1 Å². The fourth-order valence-corrected chi connectivity index (χ4v) is 4.37. The van der Waals surface area contributed by atoms with Gasteiger partial charge < -0.3 is 5.73 Å². The number of thioether (sulfide) groups is 1. The summed E-state index contributed by atoms with van der Waals surface area (Å²) in [4.78, 5) is 2.99. The predicted octanol–water partition coefficient (Wildman–Crippen LogP) is 3.58. The first-order valence-corrected chi connectivity index (χ1v) is 7.58. The van der Waals surface area contributed by atoms with Crippen LogP contribution in [-0.2, 0) is 12.2 Å². The maximum atomic E-state index is 6.21. The van der Waals surface area contributed by atoms with Crippen LogP contribution in [0.2, 0.25) is 0 Å². The maximum absolute atomic E-state index is 6.21. The Bertz CT molecular complexity index is 307. The Kier molecular flexibility index (Phi) is 3.75. The molecule has 3 heteroatoms. The number of hydrogen-bond acceptors (Lipinski definition) is 3. The van der Waals surface area contributed by atoms with Gasteiger partial charge in [-0.25, -0.2) is 0 Å². The topological polar surface area (TPSA) is 26.0 Å². The summed E-state index contributed by atoms with van der Waals surface area (Å²) in [5.41, 5.74) is 7.76. The highest BCUT2D eigenvalue weighted by Crippen LogP contribution is 2.35. The zero-order chi connectivity index (χ0) is 10.8. The highest BCUT2D eigenvalue weighted by atomic mass is 32.2. The van der Waals surface area contributed by atoms with E-state index in [-0.39, 0.29) is 6.04 Å². The molecule has 0 saturated carbocycles. The van der Waals surface area contributed by atoms with Crippen LogP contribution in [0.5, 0.6) is 0 Å². The monoisotopic (exact) mass is 241 g/mol. The van der Waals surface area contributed by atoms with E-state index in [2.05, 4.69) is 19.9 Å². The molecule has 0 spiro atoms. The van der Waals surface area contributed by atoms with E-state index in [0.717, 1.165) is 6.42 Å². The molecular weight excluding hydrogens is 222 g/mol. The first kappa shape index (κ1) is 11.5. The normalized spacial score (nSPS) is 17.9. The van der Waals surface area contributed by atoms with Crippen molar-refractivity contribution >= 4 is 23.1 Å². The first-order valence-electron chi connectivity index (χ1n) is 5.61. The minimum absolute atomic E-state index is 0.255. The molecule has 0 bridgehead atoms. The summed E-state index contributed by atoms with van der Waals surface area (Å²) < 4.78 is 0.